The van der Waals surface area contributed by atoms with Gasteiger partial charge < -0.3 is 13.7 Å². The molecule has 0 saturated heterocycles. The summed E-state index contributed by atoms with van der Waals surface area (Å²) >= 11 is 1.38. The number of fused-ring (bicyclic) bond motifs is 1. The highest BCUT2D eigenvalue weighted by atomic mass is 32.1. The SMILES string of the molecule is C#CCn1c(=NC(=O)c2ccco2)sc2cc(OC)ccc21. The fraction of sp³-hybridized carbons (Fsp3) is 0.125. The van der Waals surface area contributed by atoms with Gasteiger partial charge in [-0.05, 0) is 30.3 Å². The molecule has 0 bridgehead atoms. The predicted octanol–water partition coefficient (Wildman–Crippen LogP) is 2.68. The second-order valence-corrected chi connectivity index (χ2v) is 5.41. The molecule has 0 atom stereocenters. The summed E-state index contributed by atoms with van der Waals surface area (Å²) in [7, 11) is 1.61. The summed E-state index contributed by atoms with van der Waals surface area (Å²) in [6, 6.07) is 8.86. The van der Waals surface area contributed by atoms with Crippen LogP contribution in [0, 0.1) is 12.3 Å². The molecule has 0 fully saturated rings. The summed E-state index contributed by atoms with van der Waals surface area (Å²) in [5, 5.41) is 0. The smallest absolute Gasteiger partial charge is 0.315 e. The van der Waals surface area contributed by atoms with Crippen LogP contribution in [0.15, 0.2) is 46.0 Å². The zero-order chi connectivity index (χ0) is 15.5. The van der Waals surface area contributed by atoms with E-state index in [2.05, 4.69) is 10.9 Å². The highest BCUT2D eigenvalue weighted by molar-refractivity contribution is 7.16. The molecule has 5 nitrogen and oxygen atoms in total. The molecule has 0 aliphatic rings. The summed E-state index contributed by atoms with van der Waals surface area (Å²) in [6.45, 7) is 0.330. The summed E-state index contributed by atoms with van der Waals surface area (Å²) in [4.78, 5) is 16.7. The molecule has 3 aromatic rings. The number of methoxy groups -OCH3 is 1. The van der Waals surface area contributed by atoms with Crippen molar-refractivity contribution >= 4 is 27.5 Å². The minimum absolute atomic E-state index is 0.197. The Morgan fingerprint density at radius 2 is 2.36 bits per heavy atom. The molecule has 1 amide bonds. The quantitative estimate of drug-likeness (QED) is 0.699. The number of aromatic nitrogens is 1. The van der Waals surface area contributed by atoms with Crippen molar-refractivity contribution in [3.63, 3.8) is 0 Å². The molecule has 0 saturated carbocycles. The number of terminal acetylenes is 1. The van der Waals surface area contributed by atoms with Crippen LogP contribution in [-0.2, 0) is 6.54 Å². The standard InChI is InChI=1S/C16H12N2O3S/c1-3-8-18-12-7-6-11(20-2)10-14(12)22-16(18)17-15(19)13-5-4-9-21-13/h1,4-7,9-10H,8H2,2H3. The van der Waals surface area contributed by atoms with E-state index >= 15 is 0 Å². The van der Waals surface area contributed by atoms with Crippen LogP contribution in [0.5, 0.6) is 5.75 Å². The Bertz CT molecular complexity index is 927. The monoisotopic (exact) mass is 312 g/mol. The third-order valence-corrected chi connectivity index (χ3v) is 4.11. The number of furan rings is 1. The van der Waals surface area contributed by atoms with Gasteiger partial charge in [-0.1, -0.05) is 17.3 Å². The van der Waals surface area contributed by atoms with E-state index in [4.69, 9.17) is 15.6 Å². The number of nitrogens with zero attached hydrogens (tertiary/aromatic N) is 2. The minimum Gasteiger partial charge on any atom is -0.497 e. The molecule has 1 aromatic carbocycles. The van der Waals surface area contributed by atoms with Crippen molar-refractivity contribution in [2.75, 3.05) is 7.11 Å². The van der Waals surface area contributed by atoms with Crippen molar-refractivity contribution < 1.29 is 13.9 Å². The molecule has 2 heterocycles. The zero-order valence-electron chi connectivity index (χ0n) is 11.8. The molecule has 0 unspecified atom stereocenters. The first kappa shape index (κ1) is 14.2. The molecule has 3 rings (SSSR count). The summed E-state index contributed by atoms with van der Waals surface area (Å²) in [5.74, 6) is 3.08. The molecule has 0 aliphatic heterocycles. The van der Waals surface area contributed by atoms with Crippen LogP contribution >= 0.6 is 11.3 Å². The highest BCUT2D eigenvalue weighted by Gasteiger charge is 2.11. The molecular weight excluding hydrogens is 300 g/mol. The van der Waals surface area contributed by atoms with E-state index in [1.54, 1.807) is 19.2 Å². The maximum Gasteiger partial charge on any atom is 0.315 e. The highest BCUT2D eigenvalue weighted by Crippen LogP contribution is 2.23. The van der Waals surface area contributed by atoms with Crippen molar-refractivity contribution in [3.05, 3.63) is 47.2 Å². The lowest BCUT2D eigenvalue weighted by atomic mass is 10.3. The van der Waals surface area contributed by atoms with Crippen LogP contribution in [0.25, 0.3) is 10.2 Å². The van der Waals surface area contributed by atoms with Gasteiger partial charge in [0.15, 0.2) is 10.6 Å². The van der Waals surface area contributed by atoms with Crippen molar-refractivity contribution in [1.29, 1.82) is 0 Å². The number of thiazole rings is 1. The van der Waals surface area contributed by atoms with Gasteiger partial charge in [-0.2, -0.15) is 4.99 Å². The van der Waals surface area contributed by atoms with Crippen LogP contribution in [0.4, 0.5) is 0 Å². The topological polar surface area (TPSA) is 56.7 Å². The maximum atomic E-state index is 12.1. The summed E-state index contributed by atoms with van der Waals surface area (Å²) in [6.07, 6.45) is 6.86. The van der Waals surface area contributed by atoms with Gasteiger partial charge in [0.1, 0.15) is 5.75 Å². The van der Waals surface area contributed by atoms with E-state index in [1.807, 2.05) is 22.8 Å². The lowest BCUT2D eigenvalue weighted by Gasteiger charge is -2.01. The molecule has 2 aromatic heterocycles. The van der Waals surface area contributed by atoms with E-state index < -0.39 is 5.91 Å². The number of carbonyl (C=O) groups excluding carboxylic acids is 1. The van der Waals surface area contributed by atoms with Gasteiger partial charge in [-0.25, -0.2) is 0 Å². The second kappa shape index (κ2) is 5.92. The third kappa shape index (κ3) is 2.54. The maximum absolute atomic E-state index is 12.1. The predicted molar refractivity (Wildman–Crippen MR) is 83.8 cm³/mol. The lowest BCUT2D eigenvalue weighted by Crippen LogP contribution is -2.16. The van der Waals surface area contributed by atoms with Crippen molar-refractivity contribution in [2.45, 2.75) is 6.54 Å². The largest absolute Gasteiger partial charge is 0.497 e. The zero-order valence-corrected chi connectivity index (χ0v) is 12.6. The van der Waals surface area contributed by atoms with Gasteiger partial charge in [0.05, 0.1) is 30.1 Å². The Balaban J connectivity index is 2.17. The van der Waals surface area contributed by atoms with Crippen LogP contribution in [0.2, 0.25) is 0 Å². The van der Waals surface area contributed by atoms with E-state index in [9.17, 15) is 4.79 Å². The number of benzene rings is 1. The number of ether oxygens (including phenoxy) is 1. The average Bonchev–Trinajstić information content (AvgIpc) is 3.16. The van der Waals surface area contributed by atoms with Crippen molar-refractivity contribution in [3.8, 4) is 18.1 Å². The first-order valence-electron chi connectivity index (χ1n) is 6.46. The molecular formula is C16H12N2O3S. The molecule has 0 N–H and O–H groups in total. The Labute approximate surface area is 130 Å². The molecule has 0 radical (unpaired) electrons. The first-order chi connectivity index (χ1) is 10.7. The van der Waals surface area contributed by atoms with E-state index in [0.29, 0.717) is 11.3 Å². The number of hydrogen-bond acceptors (Lipinski definition) is 4. The van der Waals surface area contributed by atoms with Gasteiger partial charge in [-0.15, -0.1) is 6.42 Å². The van der Waals surface area contributed by atoms with Gasteiger partial charge in [-0.3, -0.25) is 4.79 Å². The van der Waals surface area contributed by atoms with Gasteiger partial charge in [0.25, 0.3) is 0 Å². The van der Waals surface area contributed by atoms with Crippen molar-refractivity contribution in [1.82, 2.24) is 4.57 Å². The van der Waals surface area contributed by atoms with E-state index in [0.717, 1.165) is 16.0 Å². The van der Waals surface area contributed by atoms with E-state index in [1.165, 1.54) is 17.6 Å². The number of carbonyl (C=O) groups is 1. The third-order valence-electron chi connectivity index (χ3n) is 3.07. The lowest BCUT2D eigenvalue weighted by molar-refractivity contribution is 0.0971. The Morgan fingerprint density at radius 3 is 3.05 bits per heavy atom. The molecule has 0 spiro atoms. The normalized spacial score (nSPS) is 11.5. The molecule has 6 heteroatoms. The number of rotatable bonds is 3. The van der Waals surface area contributed by atoms with Gasteiger partial charge in [0, 0.05) is 0 Å². The Hall–Kier alpha value is -2.78. The summed E-state index contributed by atoms with van der Waals surface area (Å²) < 4.78 is 13.1. The minimum atomic E-state index is -0.436. The van der Waals surface area contributed by atoms with Crippen LogP contribution < -0.4 is 9.54 Å². The fourth-order valence-corrected chi connectivity index (χ4v) is 3.11. The van der Waals surface area contributed by atoms with Gasteiger partial charge in [0.2, 0.25) is 0 Å². The van der Waals surface area contributed by atoms with Gasteiger partial charge >= 0.3 is 5.91 Å². The molecule has 110 valence electrons. The van der Waals surface area contributed by atoms with Crippen LogP contribution in [0.1, 0.15) is 10.6 Å². The van der Waals surface area contributed by atoms with E-state index in [-0.39, 0.29) is 5.76 Å². The Kier molecular flexibility index (Phi) is 3.81. The summed E-state index contributed by atoms with van der Waals surface area (Å²) in [5.41, 5.74) is 0.912. The van der Waals surface area contributed by atoms with Crippen molar-refractivity contribution in [2.24, 2.45) is 4.99 Å². The van der Waals surface area contributed by atoms with Crippen LogP contribution in [0.3, 0.4) is 0 Å². The molecule has 22 heavy (non-hydrogen) atoms. The second-order valence-electron chi connectivity index (χ2n) is 4.40. The first-order valence-corrected chi connectivity index (χ1v) is 7.28. The van der Waals surface area contributed by atoms with Crippen LogP contribution in [-0.4, -0.2) is 17.6 Å². The average molecular weight is 312 g/mol. The number of amides is 1. The Morgan fingerprint density at radius 1 is 1.50 bits per heavy atom. The fourth-order valence-electron chi connectivity index (χ4n) is 2.05. The number of hydrogen-bond donors (Lipinski definition) is 0. The molecule has 0 aliphatic carbocycles.